The standard InChI is InChI=1S/C18H19FN4O2S/c1-18(2)16(25)20-9-10-23(18)15(24)11-26-17-21-8-7-14(22-17)12-3-5-13(19)6-4-12/h3-8H,9-11H2,1-2H3,(H,20,25). The number of halogens is 1. The molecule has 1 N–H and O–H groups in total. The Morgan fingerprint density at radius 1 is 1.31 bits per heavy atom. The molecule has 6 nitrogen and oxygen atoms in total. The summed E-state index contributed by atoms with van der Waals surface area (Å²) in [7, 11) is 0. The molecular formula is C18H19FN4O2S. The van der Waals surface area contributed by atoms with Gasteiger partial charge < -0.3 is 10.2 Å². The molecular weight excluding hydrogens is 355 g/mol. The lowest BCUT2D eigenvalue weighted by molar-refractivity contribution is -0.147. The number of nitrogens with one attached hydrogen (secondary N) is 1. The van der Waals surface area contributed by atoms with Gasteiger partial charge in [0.1, 0.15) is 11.4 Å². The number of benzene rings is 1. The van der Waals surface area contributed by atoms with Crippen LogP contribution in [0.3, 0.4) is 0 Å². The van der Waals surface area contributed by atoms with Crippen molar-refractivity contribution in [2.75, 3.05) is 18.8 Å². The van der Waals surface area contributed by atoms with Crippen molar-refractivity contribution < 1.29 is 14.0 Å². The van der Waals surface area contributed by atoms with Crippen molar-refractivity contribution in [3.63, 3.8) is 0 Å². The van der Waals surface area contributed by atoms with Gasteiger partial charge >= 0.3 is 0 Å². The molecule has 2 amide bonds. The maximum absolute atomic E-state index is 13.1. The third-order valence-electron chi connectivity index (χ3n) is 4.25. The third-order valence-corrected chi connectivity index (χ3v) is 5.10. The second-order valence-corrected chi connectivity index (χ2v) is 7.32. The zero-order valence-electron chi connectivity index (χ0n) is 14.5. The van der Waals surface area contributed by atoms with Crippen LogP contribution in [0.4, 0.5) is 4.39 Å². The van der Waals surface area contributed by atoms with Gasteiger partial charge in [-0.2, -0.15) is 0 Å². The lowest BCUT2D eigenvalue weighted by Gasteiger charge is -2.41. The molecule has 1 aromatic heterocycles. The summed E-state index contributed by atoms with van der Waals surface area (Å²) in [4.78, 5) is 34.7. The zero-order chi connectivity index (χ0) is 18.7. The van der Waals surface area contributed by atoms with Gasteiger partial charge in [0, 0.05) is 24.8 Å². The van der Waals surface area contributed by atoms with E-state index in [9.17, 15) is 14.0 Å². The molecule has 0 bridgehead atoms. The van der Waals surface area contributed by atoms with Crippen LogP contribution >= 0.6 is 11.8 Å². The van der Waals surface area contributed by atoms with Crippen molar-refractivity contribution in [3.8, 4) is 11.3 Å². The van der Waals surface area contributed by atoms with Crippen molar-refractivity contribution in [2.45, 2.75) is 24.5 Å². The molecule has 0 atom stereocenters. The quantitative estimate of drug-likeness (QED) is 0.655. The number of hydrogen-bond donors (Lipinski definition) is 1. The first-order valence-electron chi connectivity index (χ1n) is 8.18. The van der Waals surface area contributed by atoms with Gasteiger partial charge in [-0.25, -0.2) is 14.4 Å². The molecule has 2 aromatic rings. The molecule has 26 heavy (non-hydrogen) atoms. The van der Waals surface area contributed by atoms with Crippen LogP contribution in [0.15, 0.2) is 41.7 Å². The second kappa shape index (κ2) is 7.41. The molecule has 0 saturated carbocycles. The Morgan fingerprint density at radius 2 is 2.04 bits per heavy atom. The predicted molar refractivity (Wildman–Crippen MR) is 97.0 cm³/mol. The topological polar surface area (TPSA) is 75.2 Å². The van der Waals surface area contributed by atoms with E-state index < -0.39 is 5.54 Å². The Morgan fingerprint density at radius 3 is 2.77 bits per heavy atom. The number of nitrogens with zero attached hydrogens (tertiary/aromatic N) is 3. The Balaban J connectivity index is 1.68. The Hall–Kier alpha value is -2.48. The van der Waals surface area contributed by atoms with Crippen LogP contribution in [0.25, 0.3) is 11.3 Å². The van der Waals surface area contributed by atoms with Crippen LogP contribution in [0.5, 0.6) is 0 Å². The second-order valence-electron chi connectivity index (χ2n) is 6.38. The first-order chi connectivity index (χ1) is 12.4. The summed E-state index contributed by atoms with van der Waals surface area (Å²) < 4.78 is 13.1. The van der Waals surface area contributed by atoms with Gasteiger partial charge in [-0.1, -0.05) is 11.8 Å². The van der Waals surface area contributed by atoms with Crippen LogP contribution in [0.1, 0.15) is 13.8 Å². The van der Waals surface area contributed by atoms with Crippen LogP contribution in [0.2, 0.25) is 0 Å². The number of amides is 2. The lowest BCUT2D eigenvalue weighted by atomic mass is 9.99. The molecule has 1 aliphatic heterocycles. The molecule has 1 fully saturated rings. The molecule has 0 radical (unpaired) electrons. The summed E-state index contributed by atoms with van der Waals surface area (Å²) in [6, 6.07) is 7.77. The van der Waals surface area contributed by atoms with E-state index in [1.54, 1.807) is 43.1 Å². The molecule has 0 aliphatic carbocycles. The zero-order valence-corrected chi connectivity index (χ0v) is 15.3. The largest absolute Gasteiger partial charge is 0.352 e. The lowest BCUT2D eigenvalue weighted by Crippen LogP contribution is -2.63. The first kappa shape index (κ1) is 18.3. The summed E-state index contributed by atoms with van der Waals surface area (Å²) in [5.74, 6) is -0.456. The SMILES string of the molecule is CC1(C)C(=O)NCCN1C(=O)CSc1nccc(-c2ccc(F)cc2)n1. The monoisotopic (exact) mass is 374 g/mol. The van der Waals surface area contributed by atoms with E-state index in [4.69, 9.17) is 0 Å². The van der Waals surface area contributed by atoms with Crippen molar-refractivity contribution in [2.24, 2.45) is 0 Å². The molecule has 1 aromatic carbocycles. The smallest absolute Gasteiger partial charge is 0.245 e. The van der Waals surface area contributed by atoms with Gasteiger partial charge in [-0.05, 0) is 44.2 Å². The number of rotatable bonds is 4. The summed E-state index contributed by atoms with van der Waals surface area (Å²) in [6.07, 6.45) is 1.61. The molecule has 8 heteroatoms. The third kappa shape index (κ3) is 3.85. The van der Waals surface area contributed by atoms with Gasteiger partial charge in [0.25, 0.3) is 0 Å². The van der Waals surface area contributed by atoms with E-state index in [1.807, 2.05) is 0 Å². The summed E-state index contributed by atoms with van der Waals surface area (Å²) in [5.41, 5.74) is 0.565. The van der Waals surface area contributed by atoms with Crippen LogP contribution in [0, 0.1) is 5.82 Å². The highest BCUT2D eigenvalue weighted by molar-refractivity contribution is 7.99. The van der Waals surface area contributed by atoms with Crippen LogP contribution in [-0.4, -0.2) is 51.1 Å². The molecule has 1 aliphatic rings. The van der Waals surface area contributed by atoms with Crippen molar-refractivity contribution >= 4 is 23.6 Å². The van der Waals surface area contributed by atoms with E-state index in [1.165, 1.54) is 23.9 Å². The molecule has 136 valence electrons. The van der Waals surface area contributed by atoms with Crippen LogP contribution < -0.4 is 5.32 Å². The van der Waals surface area contributed by atoms with Crippen LogP contribution in [-0.2, 0) is 9.59 Å². The maximum Gasteiger partial charge on any atom is 0.245 e. The number of piperazine rings is 1. The minimum Gasteiger partial charge on any atom is -0.352 e. The van der Waals surface area contributed by atoms with E-state index >= 15 is 0 Å². The average molecular weight is 374 g/mol. The highest BCUT2D eigenvalue weighted by Gasteiger charge is 2.40. The van der Waals surface area contributed by atoms with Crippen molar-refractivity contribution in [3.05, 3.63) is 42.3 Å². The highest BCUT2D eigenvalue weighted by Crippen LogP contribution is 2.23. The summed E-state index contributed by atoms with van der Waals surface area (Å²) in [6.45, 7) is 4.40. The number of carbonyl (C=O) groups is 2. The van der Waals surface area contributed by atoms with Gasteiger partial charge in [0.05, 0.1) is 11.4 Å². The van der Waals surface area contributed by atoms with E-state index in [-0.39, 0.29) is 23.4 Å². The van der Waals surface area contributed by atoms with E-state index in [0.717, 1.165) is 5.56 Å². The van der Waals surface area contributed by atoms with Gasteiger partial charge in [-0.3, -0.25) is 9.59 Å². The van der Waals surface area contributed by atoms with Gasteiger partial charge in [-0.15, -0.1) is 0 Å². The fourth-order valence-corrected chi connectivity index (χ4v) is 3.44. The Labute approximate surface area is 155 Å². The fourth-order valence-electron chi connectivity index (χ4n) is 2.73. The highest BCUT2D eigenvalue weighted by atomic mass is 32.2. The minimum atomic E-state index is -0.868. The molecule has 1 saturated heterocycles. The van der Waals surface area contributed by atoms with E-state index in [0.29, 0.717) is 23.9 Å². The molecule has 3 rings (SSSR count). The Kier molecular flexibility index (Phi) is 5.22. The van der Waals surface area contributed by atoms with Crippen molar-refractivity contribution in [1.82, 2.24) is 20.2 Å². The first-order valence-corrected chi connectivity index (χ1v) is 9.17. The summed E-state index contributed by atoms with van der Waals surface area (Å²) >= 11 is 1.22. The number of carbonyl (C=O) groups excluding carboxylic acids is 2. The molecule has 0 spiro atoms. The maximum atomic E-state index is 13.1. The molecule has 2 heterocycles. The summed E-state index contributed by atoms with van der Waals surface area (Å²) in [5, 5.41) is 3.23. The minimum absolute atomic E-state index is 0.134. The molecule has 0 unspecified atom stereocenters. The average Bonchev–Trinajstić information content (AvgIpc) is 2.63. The predicted octanol–water partition coefficient (Wildman–Crippen LogP) is 2.11. The number of hydrogen-bond acceptors (Lipinski definition) is 5. The van der Waals surface area contributed by atoms with Crippen molar-refractivity contribution in [1.29, 1.82) is 0 Å². The Bertz CT molecular complexity index is 826. The van der Waals surface area contributed by atoms with Gasteiger partial charge in [0.15, 0.2) is 5.16 Å². The normalized spacial score (nSPS) is 16.3. The fraction of sp³-hybridized carbons (Fsp3) is 0.333. The number of thioether (sulfide) groups is 1. The number of aromatic nitrogens is 2. The van der Waals surface area contributed by atoms with Gasteiger partial charge in [0.2, 0.25) is 11.8 Å². The van der Waals surface area contributed by atoms with E-state index in [2.05, 4.69) is 15.3 Å².